The highest BCUT2D eigenvalue weighted by molar-refractivity contribution is 7.92. The molecule has 0 bridgehead atoms. The van der Waals surface area contributed by atoms with Crippen molar-refractivity contribution in [1.29, 1.82) is 0 Å². The number of nitrogens with zero attached hydrogens (tertiary/aromatic N) is 2. The molecule has 0 radical (unpaired) electrons. The van der Waals surface area contributed by atoms with Crippen LogP contribution in [0.25, 0.3) is 0 Å². The Morgan fingerprint density at radius 1 is 0.971 bits per heavy atom. The Balaban J connectivity index is 1.51. The molecule has 1 aliphatic heterocycles. The molecule has 1 N–H and O–H groups in total. The predicted molar refractivity (Wildman–Crippen MR) is 134 cm³/mol. The topological polar surface area (TPSA) is 78.9 Å². The highest BCUT2D eigenvalue weighted by atomic mass is 32.2. The van der Waals surface area contributed by atoms with Crippen LogP contribution in [0.2, 0.25) is 0 Å². The molecule has 0 aromatic heterocycles. The lowest BCUT2D eigenvalue weighted by molar-refractivity contribution is 0.0746. The summed E-state index contributed by atoms with van der Waals surface area (Å²) in [5, 5.41) is 0. The number of aryl methyl sites for hydroxylation is 1. The third-order valence-corrected chi connectivity index (χ3v) is 7.68. The number of para-hydroxylation sites is 2. The number of carbonyl (C=O) groups excluding carboxylic acids is 1. The first-order chi connectivity index (χ1) is 16.7. The smallest absolute Gasteiger partial charge is 0.264 e. The van der Waals surface area contributed by atoms with Crippen molar-refractivity contribution < 1.29 is 22.3 Å². The van der Waals surface area contributed by atoms with E-state index in [-0.39, 0.29) is 17.2 Å². The summed E-state index contributed by atoms with van der Waals surface area (Å²) >= 11 is 0. The van der Waals surface area contributed by atoms with Crippen LogP contribution in [0.3, 0.4) is 0 Å². The minimum atomic E-state index is -4.30. The molecular formula is C26H28FN3O4S. The summed E-state index contributed by atoms with van der Waals surface area (Å²) in [7, 11) is -2.89. The molecule has 3 aromatic rings. The Morgan fingerprint density at radius 2 is 1.69 bits per heavy atom. The number of hydrogen-bond acceptors (Lipinski definition) is 5. The van der Waals surface area contributed by atoms with Crippen LogP contribution in [0.5, 0.6) is 5.75 Å². The van der Waals surface area contributed by atoms with Crippen LogP contribution in [0.1, 0.15) is 21.5 Å². The molecule has 0 spiro atoms. The summed E-state index contributed by atoms with van der Waals surface area (Å²) in [4.78, 5) is 16.5. The van der Waals surface area contributed by atoms with Crippen LogP contribution in [-0.4, -0.2) is 52.5 Å². The van der Waals surface area contributed by atoms with E-state index in [0.717, 1.165) is 17.8 Å². The van der Waals surface area contributed by atoms with Gasteiger partial charge in [0.2, 0.25) is 0 Å². The Labute approximate surface area is 205 Å². The summed E-state index contributed by atoms with van der Waals surface area (Å²) < 4.78 is 48.0. The van der Waals surface area contributed by atoms with E-state index in [1.54, 1.807) is 23.1 Å². The lowest BCUT2D eigenvalue weighted by atomic mass is 10.1. The lowest BCUT2D eigenvalue weighted by Crippen LogP contribution is -2.49. The van der Waals surface area contributed by atoms with Gasteiger partial charge in [-0.1, -0.05) is 24.3 Å². The van der Waals surface area contributed by atoms with Crippen molar-refractivity contribution in [2.45, 2.75) is 18.7 Å². The molecule has 9 heteroatoms. The minimum Gasteiger partial charge on any atom is -0.495 e. The number of ether oxygens (including phenoxy) is 1. The normalized spacial score (nSPS) is 14.1. The van der Waals surface area contributed by atoms with Gasteiger partial charge in [0.1, 0.15) is 16.5 Å². The zero-order valence-corrected chi connectivity index (χ0v) is 20.7. The molecular weight excluding hydrogens is 469 g/mol. The fraction of sp³-hybridized carbons (Fsp3) is 0.269. The lowest BCUT2D eigenvalue weighted by Gasteiger charge is -2.37. The average molecular weight is 498 g/mol. The highest BCUT2D eigenvalue weighted by Crippen LogP contribution is 2.28. The number of nitrogens with one attached hydrogen (secondary N) is 1. The van der Waals surface area contributed by atoms with Gasteiger partial charge >= 0.3 is 0 Å². The SMILES string of the molecule is COc1ccccc1NS(=O)(=O)c1cc(C(=O)N2CCN(c3cccc(C)c3C)CC2)ccc1F. The number of methoxy groups -OCH3 is 1. The Morgan fingerprint density at radius 3 is 2.40 bits per heavy atom. The molecule has 4 rings (SSSR count). The van der Waals surface area contributed by atoms with E-state index in [2.05, 4.69) is 35.6 Å². The largest absolute Gasteiger partial charge is 0.495 e. The number of carbonyl (C=O) groups is 1. The molecule has 7 nitrogen and oxygen atoms in total. The number of rotatable bonds is 6. The van der Waals surface area contributed by atoms with Gasteiger partial charge in [-0.3, -0.25) is 9.52 Å². The monoisotopic (exact) mass is 497 g/mol. The first-order valence-corrected chi connectivity index (χ1v) is 12.8. The maximum absolute atomic E-state index is 14.6. The average Bonchev–Trinajstić information content (AvgIpc) is 2.86. The molecule has 0 saturated carbocycles. The van der Waals surface area contributed by atoms with Crippen molar-refractivity contribution >= 4 is 27.3 Å². The third-order valence-electron chi connectivity index (χ3n) is 6.30. The standard InChI is InChI=1S/C26H28FN3O4S/c1-18-7-6-9-23(19(18)2)29-13-15-30(16-14-29)26(31)20-11-12-21(27)25(17-20)35(32,33)28-22-8-4-5-10-24(22)34-3/h4-12,17,28H,13-16H2,1-3H3. The van der Waals surface area contributed by atoms with E-state index in [1.807, 2.05) is 6.07 Å². The number of benzene rings is 3. The molecule has 0 aliphatic carbocycles. The molecule has 1 saturated heterocycles. The van der Waals surface area contributed by atoms with Gasteiger partial charge in [0.15, 0.2) is 0 Å². The molecule has 3 aromatic carbocycles. The van der Waals surface area contributed by atoms with Crippen molar-refractivity contribution in [3.8, 4) is 5.75 Å². The predicted octanol–water partition coefficient (Wildman–Crippen LogP) is 4.21. The first kappa shape index (κ1) is 24.5. The van der Waals surface area contributed by atoms with Crippen LogP contribution in [0.4, 0.5) is 15.8 Å². The van der Waals surface area contributed by atoms with Gasteiger partial charge in [0, 0.05) is 37.4 Å². The molecule has 35 heavy (non-hydrogen) atoms. The van der Waals surface area contributed by atoms with Gasteiger partial charge in [0.05, 0.1) is 12.8 Å². The number of halogens is 1. The maximum atomic E-state index is 14.6. The summed E-state index contributed by atoms with van der Waals surface area (Å²) in [6, 6.07) is 16.0. The van der Waals surface area contributed by atoms with E-state index in [9.17, 15) is 17.6 Å². The molecule has 0 atom stereocenters. The van der Waals surface area contributed by atoms with Crippen LogP contribution < -0.4 is 14.4 Å². The molecule has 1 amide bonds. The summed E-state index contributed by atoms with van der Waals surface area (Å²) in [5.74, 6) is -0.978. The van der Waals surface area contributed by atoms with E-state index in [4.69, 9.17) is 4.74 Å². The van der Waals surface area contributed by atoms with E-state index >= 15 is 0 Å². The Bertz CT molecular complexity index is 1350. The quantitative estimate of drug-likeness (QED) is 0.552. The van der Waals surface area contributed by atoms with E-state index in [1.165, 1.54) is 30.4 Å². The Hall–Kier alpha value is -3.59. The minimum absolute atomic E-state index is 0.118. The number of piperazine rings is 1. The van der Waals surface area contributed by atoms with Crippen molar-refractivity contribution in [2.75, 3.05) is 42.9 Å². The van der Waals surface area contributed by atoms with Gasteiger partial charge in [-0.05, 0) is 61.4 Å². The van der Waals surface area contributed by atoms with E-state index < -0.39 is 20.7 Å². The van der Waals surface area contributed by atoms with Crippen LogP contribution in [0, 0.1) is 19.7 Å². The number of anilines is 2. The van der Waals surface area contributed by atoms with Crippen molar-refractivity contribution in [2.24, 2.45) is 0 Å². The zero-order chi connectivity index (χ0) is 25.2. The molecule has 0 unspecified atom stereocenters. The molecule has 1 aliphatic rings. The van der Waals surface area contributed by atoms with Crippen molar-refractivity contribution in [1.82, 2.24) is 4.90 Å². The van der Waals surface area contributed by atoms with Crippen molar-refractivity contribution in [3.05, 3.63) is 83.2 Å². The van der Waals surface area contributed by atoms with Gasteiger partial charge in [0.25, 0.3) is 15.9 Å². The fourth-order valence-electron chi connectivity index (χ4n) is 4.18. The molecule has 1 heterocycles. The van der Waals surface area contributed by atoms with Gasteiger partial charge in [-0.2, -0.15) is 0 Å². The second kappa shape index (κ2) is 9.95. The molecule has 184 valence electrons. The summed E-state index contributed by atoms with van der Waals surface area (Å²) in [5.41, 5.74) is 3.86. The second-order valence-electron chi connectivity index (χ2n) is 8.45. The second-order valence-corrected chi connectivity index (χ2v) is 10.1. The number of hydrogen-bond donors (Lipinski definition) is 1. The van der Waals surface area contributed by atoms with E-state index in [0.29, 0.717) is 31.9 Å². The van der Waals surface area contributed by atoms with Gasteiger partial charge < -0.3 is 14.5 Å². The van der Waals surface area contributed by atoms with Crippen molar-refractivity contribution in [3.63, 3.8) is 0 Å². The molecule has 1 fully saturated rings. The van der Waals surface area contributed by atoms with Gasteiger partial charge in [-0.25, -0.2) is 12.8 Å². The number of sulfonamides is 1. The third kappa shape index (κ3) is 5.09. The zero-order valence-electron chi connectivity index (χ0n) is 19.9. The highest BCUT2D eigenvalue weighted by Gasteiger charge is 2.27. The maximum Gasteiger partial charge on any atom is 0.264 e. The number of amides is 1. The fourth-order valence-corrected chi connectivity index (χ4v) is 5.36. The first-order valence-electron chi connectivity index (χ1n) is 11.3. The van der Waals surface area contributed by atoms with Gasteiger partial charge in [-0.15, -0.1) is 0 Å². The van der Waals surface area contributed by atoms with Crippen LogP contribution >= 0.6 is 0 Å². The Kier molecular flexibility index (Phi) is 6.98. The van der Waals surface area contributed by atoms with Crippen LogP contribution in [0.15, 0.2) is 65.6 Å². The van der Waals surface area contributed by atoms with Crippen LogP contribution in [-0.2, 0) is 10.0 Å². The summed E-state index contributed by atoms with van der Waals surface area (Å²) in [6.45, 7) is 6.41. The summed E-state index contributed by atoms with van der Waals surface area (Å²) in [6.07, 6.45) is 0.